The molecule has 1 aliphatic heterocycles. The number of rotatable bonds is 3. The third-order valence-corrected chi connectivity index (χ3v) is 4.83. The number of nitrogens with zero attached hydrogens (tertiary/aromatic N) is 1. The molecule has 1 heterocycles. The van der Waals surface area contributed by atoms with Gasteiger partial charge in [-0.1, -0.05) is 30.3 Å². The van der Waals surface area contributed by atoms with Gasteiger partial charge < -0.3 is 10.2 Å². The molecule has 0 spiro atoms. The topological polar surface area (TPSA) is 49.4 Å². The number of nitrogens with one attached hydrogen (secondary N) is 1. The van der Waals surface area contributed by atoms with Gasteiger partial charge >= 0.3 is 0 Å². The first-order valence-corrected chi connectivity index (χ1v) is 8.83. The van der Waals surface area contributed by atoms with Gasteiger partial charge in [0.1, 0.15) is 0 Å². The van der Waals surface area contributed by atoms with Crippen molar-refractivity contribution in [2.75, 3.05) is 16.8 Å². The number of aryl methyl sites for hydroxylation is 1. The van der Waals surface area contributed by atoms with Gasteiger partial charge in [-0.2, -0.15) is 0 Å². The maximum absolute atomic E-state index is 12.6. The van der Waals surface area contributed by atoms with E-state index in [0.717, 1.165) is 40.7 Å². The lowest BCUT2D eigenvalue weighted by molar-refractivity contribution is -0.117. The van der Waals surface area contributed by atoms with Gasteiger partial charge in [-0.05, 0) is 60.0 Å². The fraction of sp³-hybridized carbons (Fsp3) is 0.182. The van der Waals surface area contributed by atoms with Crippen molar-refractivity contribution in [3.63, 3.8) is 0 Å². The van der Waals surface area contributed by atoms with Crippen LogP contribution in [0.5, 0.6) is 0 Å². The van der Waals surface area contributed by atoms with Crippen LogP contribution in [0, 0.1) is 6.92 Å². The first kappa shape index (κ1) is 16.3. The van der Waals surface area contributed by atoms with Crippen molar-refractivity contribution in [3.05, 3.63) is 71.8 Å². The molecule has 1 saturated heterocycles. The van der Waals surface area contributed by atoms with Gasteiger partial charge in [0.25, 0.3) is 5.91 Å². The van der Waals surface area contributed by atoms with Crippen molar-refractivity contribution in [3.8, 4) is 0 Å². The second-order valence-corrected chi connectivity index (χ2v) is 6.67. The highest BCUT2D eigenvalue weighted by Gasteiger charge is 2.23. The lowest BCUT2D eigenvalue weighted by Gasteiger charge is -2.19. The third-order valence-electron chi connectivity index (χ3n) is 4.83. The molecule has 4 heteroatoms. The predicted molar refractivity (Wildman–Crippen MR) is 105 cm³/mol. The molecular formula is C22H20N2O2. The van der Waals surface area contributed by atoms with Gasteiger partial charge in [0.05, 0.1) is 0 Å². The molecular weight excluding hydrogens is 324 g/mol. The highest BCUT2D eigenvalue weighted by atomic mass is 16.2. The van der Waals surface area contributed by atoms with E-state index in [4.69, 9.17) is 0 Å². The Hall–Kier alpha value is -3.14. The summed E-state index contributed by atoms with van der Waals surface area (Å²) in [4.78, 5) is 26.3. The lowest BCUT2D eigenvalue weighted by Crippen LogP contribution is -2.24. The molecule has 1 aliphatic rings. The maximum Gasteiger partial charge on any atom is 0.255 e. The van der Waals surface area contributed by atoms with Crippen molar-refractivity contribution in [2.24, 2.45) is 0 Å². The molecule has 1 fully saturated rings. The van der Waals surface area contributed by atoms with Crippen LogP contribution in [0.3, 0.4) is 0 Å². The number of carbonyl (C=O) groups excluding carboxylic acids is 2. The zero-order valence-corrected chi connectivity index (χ0v) is 14.7. The molecule has 3 aromatic rings. The molecule has 4 nitrogen and oxygen atoms in total. The number of fused-ring (bicyclic) bond motifs is 1. The van der Waals surface area contributed by atoms with Gasteiger partial charge in [0.2, 0.25) is 5.91 Å². The molecule has 3 aromatic carbocycles. The monoisotopic (exact) mass is 344 g/mol. The van der Waals surface area contributed by atoms with E-state index in [1.54, 1.807) is 0 Å². The van der Waals surface area contributed by atoms with Crippen LogP contribution in [-0.2, 0) is 4.79 Å². The van der Waals surface area contributed by atoms with E-state index in [1.807, 2.05) is 72.5 Å². The van der Waals surface area contributed by atoms with Crippen LogP contribution in [0.1, 0.15) is 28.8 Å². The van der Waals surface area contributed by atoms with Crippen molar-refractivity contribution in [1.82, 2.24) is 0 Å². The highest BCUT2D eigenvalue weighted by molar-refractivity contribution is 6.06. The van der Waals surface area contributed by atoms with E-state index in [-0.39, 0.29) is 11.8 Å². The Morgan fingerprint density at radius 2 is 1.81 bits per heavy atom. The number of carbonyl (C=O) groups is 2. The fourth-order valence-corrected chi connectivity index (χ4v) is 3.47. The van der Waals surface area contributed by atoms with Crippen LogP contribution in [0.2, 0.25) is 0 Å². The zero-order valence-electron chi connectivity index (χ0n) is 14.7. The third kappa shape index (κ3) is 3.06. The lowest BCUT2D eigenvalue weighted by atomic mass is 10.1. The molecule has 0 bridgehead atoms. The molecule has 2 amide bonds. The van der Waals surface area contributed by atoms with E-state index < -0.39 is 0 Å². The van der Waals surface area contributed by atoms with E-state index in [0.29, 0.717) is 12.0 Å². The fourth-order valence-electron chi connectivity index (χ4n) is 3.47. The maximum atomic E-state index is 12.6. The molecule has 0 unspecified atom stereocenters. The second-order valence-electron chi connectivity index (χ2n) is 6.67. The van der Waals surface area contributed by atoms with Gasteiger partial charge in [-0.25, -0.2) is 0 Å². The van der Waals surface area contributed by atoms with Crippen LogP contribution in [0.4, 0.5) is 11.4 Å². The summed E-state index contributed by atoms with van der Waals surface area (Å²) in [6.07, 6.45) is 1.51. The molecule has 0 aromatic heterocycles. The Bertz CT molecular complexity index is 1010. The molecule has 4 rings (SSSR count). The first-order valence-electron chi connectivity index (χ1n) is 8.83. The predicted octanol–water partition coefficient (Wildman–Crippen LogP) is 4.53. The Morgan fingerprint density at radius 3 is 2.54 bits per heavy atom. The Kier molecular flexibility index (Phi) is 4.17. The normalized spacial score (nSPS) is 14.0. The molecule has 0 atom stereocenters. The zero-order chi connectivity index (χ0) is 18.1. The van der Waals surface area contributed by atoms with Crippen molar-refractivity contribution >= 4 is 34.0 Å². The summed E-state index contributed by atoms with van der Waals surface area (Å²) in [5.74, 6) is 0.0289. The van der Waals surface area contributed by atoms with Crippen LogP contribution in [-0.4, -0.2) is 18.4 Å². The minimum absolute atomic E-state index is 0.139. The Balaban J connectivity index is 1.55. The molecule has 1 N–H and O–H groups in total. The van der Waals surface area contributed by atoms with E-state index >= 15 is 0 Å². The molecule has 0 saturated carbocycles. The van der Waals surface area contributed by atoms with Gasteiger partial charge in [-0.15, -0.1) is 0 Å². The minimum atomic E-state index is -0.139. The smallest absolute Gasteiger partial charge is 0.255 e. The quantitative estimate of drug-likeness (QED) is 0.759. The molecule has 0 radical (unpaired) electrons. The van der Waals surface area contributed by atoms with Crippen LogP contribution >= 0.6 is 0 Å². The summed E-state index contributed by atoms with van der Waals surface area (Å²) < 4.78 is 0. The van der Waals surface area contributed by atoms with Crippen LogP contribution in [0.25, 0.3) is 10.8 Å². The SMILES string of the molecule is Cc1cc(NC(=O)c2ccc3ccccc3c2)ccc1N1CCCC1=O. The van der Waals surface area contributed by atoms with Crippen molar-refractivity contribution in [1.29, 1.82) is 0 Å². The minimum Gasteiger partial charge on any atom is -0.322 e. The number of hydrogen-bond acceptors (Lipinski definition) is 2. The molecule has 130 valence electrons. The summed E-state index contributed by atoms with van der Waals surface area (Å²) in [5.41, 5.74) is 3.27. The molecule has 26 heavy (non-hydrogen) atoms. The van der Waals surface area contributed by atoms with Gasteiger partial charge in [-0.3, -0.25) is 9.59 Å². The summed E-state index contributed by atoms with van der Waals surface area (Å²) >= 11 is 0. The summed E-state index contributed by atoms with van der Waals surface area (Å²) in [5, 5.41) is 5.10. The van der Waals surface area contributed by atoms with Crippen molar-refractivity contribution in [2.45, 2.75) is 19.8 Å². The number of hydrogen-bond donors (Lipinski definition) is 1. The largest absolute Gasteiger partial charge is 0.322 e. The Labute approximate surface area is 152 Å². The van der Waals surface area contributed by atoms with E-state index in [9.17, 15) is 9.59 Å². The summed E-state index contributed by atoms with van der Waals surface area (Å²) in [6.45, 7) is 2.73. The van der Waals surface area contributed by atoms with Crippen LogP contribution in [0.15, 0.2) is 60.7 Å². The van der Waals surface area contributed by atoms with Crippen LogP contribution < -0.4 is 10.2 Å². The number of amides is 2. The number of anilines is 2. The first-order chi connectivity index (χ1) is 12.6. The van der Waals surface area contributed by atoms with E-state index in [1.165, 1.54) is 0 Å². The second kappa shape index (κ2) is 6.64. The van der Waals surface area contributed by atoms with Gasteiger partial charge in [0.15, 0.2) is 0 Å². The molecule has 0 aliphatic carbocycles. The highest BCUT2D eigenvalue weighted by Crippen LogP contribution is 2.27. The van der Waals surface area contributed by atoms with E-state index in [2.05, 4.69) is 5.32 Å². The Morgan fingerprint density at radius 1 is 1.00 bits per heavy atom. The standard InChI is InChI=1S/C22H20N2O2/c1-15-13-19(10-11-20(15)24-12-4-7-21(24)25)23-22(26)18-9-8-16-5-2-3-6-17(16)14-18/h2-3,5-6,8-11,13-14H,4,7,12H2,1H3,(H,23,26). The average molecular weight is 344 g/mol. The summed E-state index contributed by atoms with van der Waals surface area (Å²) in [6, 6.07) is 19.3. The summed E-state index contributed by atoms with van der Waals surface area (Å²) in [7, 11) is 0. The number of benzene rings is 3. The van der Waals surface area contributed by atoms with Crippen molar-refractivity contribution < 1.29 is 9.59 Å². The average Bonchev–Trinajstić information content (AvgIpc) is 3.07. The van der Waals surface area contributed by atoms with Gasteiger partial charge in [0, 0.05) is 29.9 Å².